The van der Waals surface area contributed by atoms with Crippen molar-refractivity contribution in [1.29, 1.82) is 0 Å². The van der Waals surface area contributed by atoms with Crippen molar-refractivity contribution >= 4 is 17.7 Å². The van der Waals surface area contributed by atoms with Crippen LogP contribution in [0.4, 0.5) is 0 Å². The van der Waals surface area contributed by atoms with Crippen LogP contribution in [-0.4, -0.2) is 31.4 Å². The van der Waals surface area contributed by atoms with E-state index in [1.165, 1.54) is 23.8 Å². The van der Waals surface area contributed by atoms with Crippen molar-refractivity contribution in [3.05, 3.63) is 34.9 Å². The summed E-state index contributed by atoms with van der Waals surface area (Å²) in [4.78, 5) is 11.6. The van der Waals surface area contributed by atoms with E-state index in [0.29, 0.717) is 0 Å². The minimum Gasteiger partial charge on any atom is -0.468 e. The summed E-state index contributed by atoms with van der Waals surface area (Å²) in [5, 5.41) is 3.16. The monoisotopic (exact) mass is 295 g/mol. The molecular weight excluding hydrogens is 270 g/mol. The Kier molecular flexibility index (Phi) is 7.70. The maximum Gasteiger partial charge on any atom is 0.322 e. The van der Waals surface area contributed by atoms with Gasteiger partial charge in [0.25, 0.3) is 0 Å². The summed E-state index contributed by atoms with van der Waals surface area (Å²) in [6.45, 7) is 7.03. The number of esters is 1. The number of benzene rings is 1. The number of methoxy groups -OCH3 is 1. The van der Waals surface area contributed by atoms with Crippen molar-refractivity contribution in [3.8, 4) is 0 Å². The molecule has 1 N–H and O–H groups in total. The predicted octanol–water partition coefficient (Wildman–Crippen LogP) is 3.08. The maximum atomic E-state index is 11.6. The van der Waals surface area contributed by atoms with Crippen molar-refractivity contribution < 1.29 is 9.53 Å². The molecular formula is C16H25NO2S. The molecule has 0 aliphatic carbocycles. The summed E-state index contributed by atoms with van der Waals surface area (Å²) in [5.74, 6) is 1.77. The Bertz CT molecular complexity index is 414. The van der Waals surface area contributed by atoms with Crippen molar-refractivity contribution in [1.82, 2.24) is 5.32 Å². The molecule has 0 spiro atoms. The third-order valence-corrected chi connectivity index (χ3v) is 4.10. The Morgan fingerprint density at radius 2 is 1.95 bits per heavy atom. The number of hydrogen-bond acceptors (Lipinski definition) is 4. The Hall–Kier alpha value is -1.00. The molecule has 0 aliphatic rings. The number of carbonyl (C=O) groups is 1. The van der Waals surface area contributed by atoms with Crippen LogP contribution in [0.2, 0.25) is 0 Å². The molecule has 0 heterocycles. The lowest BCUT2D eigenvalue weighted by Crippen LogP contribution is -2.37. The molecule has 20 heavy (non-hydrogen) atoms. The van der Waals surface area contributed by atoms with Crippen molar-refractivity contribution in [2.24, 2.45) is 0 Å². The first-order valence-electron chi connectivity index (χ1n) is 7.03. The highest BCUT2D eigenvalue weighted by molar-refractivity contribution is 7.98. The summed E-state index contributed by atoms with van der Waals surface area (Å²) in [6, 6.07) is 6.45. The van der Waals surface area contributed by atoms with Crippen LogP contribution in [0.25, 0.3) is 0 Å². The Labute approximate surface area is 126 Å². The van der Waals surface area contributed by atoms with Gasteiger partial charge in [-0.25, -0.2) is 0 Å². The third kappa shape index (κ3) is 5.97. The van der Waals surface area contributed by atoms with Gasteiger partial charge in [-0.05, 0) is 38.1 Å². The molecule has 0 saturated carbocycles. The van der Waals surface area contributed by atoms with E-state index in [2.05, 4.69) is 37.4 Å². The SMILES string of the molecule is CCNC(CCSCc1cc(C)cc(C)c1)C(=O)OC. The van der Waals surface area contributed by atoms with Crippen LogP contribution >= 0.6 is 11.8 Å². The first-order valence-corrected chi connectivity index (χ1v) is 8.18. The van der Waals surface area contributed by atoms with E-state index in [-0.39, 0.29) is 12.0 Å². The number of thioether (sulfide) groups is 1. The van der Waals surface area contributed by atoms with Crippen LogP contribution in [0.1, 0.15) is 30.0 Å². The minimum absolute atomic E-state index is 0.168. The number of hydrogen-bond donors (Lipinski definition) is 1. The van der Waals surface area contributed by atoms with Crippen LogP contribution in [0.3, 0.4) is 0 Å². The average Bonchev–Trinajstić information content (AvgIpc) is 2.40. The lowest BCUT2D eigenvalue weighted by atomic mass is 10.1. The molecule has 1 aromatic carbocycles. The molecule has 0 fully saturated rings. The van der Waals surface area contributed by atoms with Crippen molar-refractivity contribution in [2.45, 2.75) is 39.0 Å². The molecule has 1 rings (SSSR count). The topological polar surface area (TPSA) is 38.3 Å². The lowest BCUT2D eigenvalue weighted by molar-refractivity contribution is -0.143. The lowest BCUT2D eigenvalue weighted by Gasteiger charge is -2.15. The van der Waals surface area contributed by atoms with Gasteiger partial charge in [0.05, 0.1) is 7.11 Å². The summed E-state index contributed by atoms with van der Waals surface area (Å²) in [5.41, 5.74) is 3.96. The van der Waals surface area contributed by atoms with Crippen molar-refractivity contribution in [3.63, 3.8) is 0 Å². The zero-order chi connectivity index (χ0) is 15.0. The van der Waals surface area contributed by atoms with Gasteiger partial charge < -0.3 is 10.1 Å². The van der Waals surface area contributed by atoms with Crippen LogP contribution in [-0.2, 0) is 15.3 Å². The molecule has 112 valence electrons. The van der Waals surface area contributed by atoms with Gasteiger partial charge >= 0.3 is 5.97 Å². The quantitative estimate of drug-likeness (QED) is 0.591. The van der Waals surface area contributed by atoms with E-state index in [9.17, 15) is 4.79 Å². The first kappa shape index (κ1) is 17.1. The van der Waals surface area contributed by atoms with Gasteiger partial charge in [0, 0.05) is 5.75 Å². The van der Waals surface area contributed by atoms with E-state index in [0.717, 1.165) is 24.5 Å². The average molecular weight is 295 g/mol. The van der Waals surface area contributed by atoms with Crippen molar-refractivity contribution in [2.75, 3.05) is 19.4 Å². The normalized spacial score (nSPS) is 12.2. The first-order chi connectivity index (χ1) is 9.56. The molecule has 0 radical (unpaired) electrons. The summed E-state index contributed by atoms with van der Waals surface area (Å²) in [6.07, 6.45) is 0.802. The molecule has 1 unspecified atom stereocenters. The second kappa shape index (κ2) is 9.03. The highest BCUT2D eigenvalue weighted by Crippen LogP contribution is 2.17. The highest BCUT2D eigenvalue weighted by Gasteiger charge is 2.16. The Balaban J connectivity index is 2.37. The fourth-order valence-electron chi connectivity index (χ4n) is 2.24. The number of nitrogens with one attached hydrogen (secondary N) is 1. The van der Waals surface area contributed by atoms with E-state index in [1.54, 1.807) is 0 Å². The fraction of sp³-hybridized carbons (Fsp3) is 0.562. The minimum atomic E-state index is -0.184. The van der Waals surface area contributed by atoms with Gasteiger partial charge in [-0.15, -0.1) is 0 Å². The highest BCUT2D eigenvalue weighted by atomic mass is 32.2. The third-order valence-electron chi connectivity index (χ3n) is 3.04. The van der Waals surface area contributed by atoms with Gasteiger partial charge in [0.1, 0.15) is 6.04 Å². The second-order valence-electron chi connectivity index (χ2n) is 4.97. The predicted molar refractivity (Wildman–Crippen MR) is 86.2 cm³/mol. The molecule has 3 nitrogen and oxygen atoms in total. The summed E-state index contributed by atoms with van der Waals surface area (Å²) < 4.78 is 4.80. The van der Waals surface area contributed by atoms with Gasteiger partial charge in [-0.1, -0.05) is 36.2 Å². The second-order valence-corrected chi connectivity index (χ2v) is 6.08. The number of aryl methyl sites for hydroxylation is 2. The van der Waals surface area contributed by atoms with Gasteiger partial charge in [-0.2, -0.15) is 11.8 Å². The van der Waals surface area contributed by atoms with E-state index >= 15 is 0 Å². The number of rotatable bonds is 8. The molecule has 0 saturated heterocycles. The van der Waals surface area contributed by atoms with E-state index in [4.69, 9.17) is 4.74 Å². The molecule has 0 amide bonds. The number of likely N-dealkylation sites (N-methyl/N-ethyl adjacent to an activating group) is 1. The molecule has 1 atom stereocenters. The zero-order valence-electron chi connectivity index (χ0n) is 12.9. The molecule has 0 bridgehead atoms. The standard InChI is InChI=1S/C16H25NO2S/c1-5-17-15(16(18)19-4)6-7-20-11-14-9-12(2)8-13(3)10-14/h8-10,15,17H,5-7,11H2,1-4H3. The van der Waals surface area contributed by atoms with Gasteiger partial charge in [0.2, 0.25) is 0 Å². The molecule has 0 aromatic heterocycles. The molecule has 1 aromatic rings. The summed E-state index contributed by atoms with van der Waals surface area (Å²) >= 11 is 1.86. The maximum absolute atomic E-state index is 11.6. The Morgan fingerprint density at radius 3 is 2.50 bits per heavy atom. The fourth-order valence-corrected chi connectivity index (χ4v) is 3.18. The van der Waals surface area contributed by atoms with Gasteiger partial charge in [-0.3, -0.25) is 4.79 Å². The van der Waals surface area contributed by atoms with Crippen LogP contribution in [0, 0.1) is 13.8 Å². The van der Waals surface area contributed by atoms with Crippen LogP contribution in [0.15, 0.2) is 18.2 Å². The van der Waals surface area contributed by atoms with E-state index < -0.39 is 0 Å². The molecule has 0 aliphatic heterocycles. The number of ether oxygens (including phenoxy) is 1. The van der Waals surface area contributed by atoms with E-state index in [1.807, 2.05) is 18.7 Å². The number of carbonyl (C=O) groups excluding carboxylic acids is 1. The smallest absolute Gasteiger partial charge is 0.322 e. The molecule has 4 heteroatoms. The Morgan fingerprint density at radius 1 is 1.30 bits per heavy atom. The largest absolute Gasteiger partial charge is 0.468 e. The van der Waals surface area contributed by atoms with Gasteiger partial charge in [0.15, 0.2) is 0 Å². The van der Waals surface area contributed by atoms with Crippen LogP contribution < -0.4 is 5.32 Å². The summed E-state index contributed by atoms with van der Waals surface area (Å²) in [7, 11) is 1.44. The van der Waals surface area contributed by atoms with Crippen LogP contribution in [0.5, 0.6) is 0 Å². The zero-order valence-corrected chi connectivity index (χ0v) is 13.7.